The number of nitrogens with zero attached hydrogens (tertiary/aromatic N) is 3. The third kappa shape index (κ3) is 4.70. The lowest BCUT2D eigenvalue weighted by atomic mass is 10.3. The number of aromatic nitrogens is 1. The minimum atomic E-state index is 0.00931. The summed E-state index contributed by atoms with van der Waals surface area (Å²) in [4.78, 5) is 21.1. The molecule has 0 spiro atoms. The number of thiazole rings is 1. The van der Waals surface area contributed by atoms with Gasteiger partial charge in [0.2, 0.25) is 0 Å². The lowest BCUT2D eigenvalue weighted by molar-refractivity contribution is -0.135. The van der Waals surface area contributed by atoms with Crippen LogP contribution in [0.3, 0.4) is 0 Å². The van der Waals surface area contributed by atoms with Crippen LogP contribution in [-0.2, 0) is 11.3 Å². The van der Waals surface area contributed by atoms with Crippen LogP contribution in [0.25, 0.3) is 0 Å². The van der Waals surface area contributed by atoms with Gasteiger partial charge in [0.1, 0.15) is 0 Å². The number of methoxy groups -OCH3 is 1. The van der Waals surface area contributed by atoms with Crippen molar-refractivity contribution >= 4 is 17.2 Å². The van der Waals surface area contributed by atoms with Gasteiger partial charge in [-0.15, -0.1) is 11.3 Å². The fourth-order valence-corrected chi connectivity index (χ4v) is 3.44. The van der Waals surface area contributed by atoms with Crippen molar-refractivity contribution in [2.24, 2.45) is 0 Å². The van der Waals surface area contributed by atoms with E-state index in [2.05, 4.69) is 15.3 Å². The van der Waals surface area contributed by atoms with E-state index in [1.54, 1.807) is 24.5 Å². The van der Waals surface area contributed by atoms with Crippen molar-refractivity contribution in [3.05, 3.63) is 40.3 Å². The molecule has 0 aliphatic carbocycles. The Kier molecular flexibility index (Phi) is 5.88. The highest BCUT2D eigenvalue weighted by Gasteiger charge is 2.22. The zero-order valence-electron chi connectivity index (χ0n) is 14.6. The van der Waals surface area contributed by atoms with Crippen LogP contribution >= 0.6 is 11.3 Å². The topological polar surface area (TPSA) is 54.9 Å². The van der Waals surface area contributed by atoms with E-state index >= 15 is 0 Å². The van der Waals surface area contributed by atoms with Crippen LogP contribution in [0, 0.1) is 6.92 Å². The van der Waals surface area contributed by atoms with Crippen molar-refractivity contribution in [1.29, 1.82) is 0 Å². The molecule has 0 N–H and O–H groups in total. The average Bonchev–Trinajstić information content (AvgIpc) is 3.05. The summed E-state index contributed by atoms with van der Waals surface area (Å²) in [6.45, 7) is 6.06. The van der Waals surface area contributed by atoms with Crippen molar-refractivity contribution in [3.8, 4) is 11.5 Å². The van der Waals surface area contributed by atoms with Crippen molar-refractivity contribution in [2.45, 2.75) is 13.5 Å². The Morgan fingerprint density at radius 1 is 1.20 bits per heavy atom. The minimum Gasteiger partial charge on any atom is -0.493 e. The summed E-state index contributed by atoms with van der Waals surface area (Å²) in [5, 5.41) is 3.20. The summed E-state index contributed by atoms with van der Waals surface area (Å²) in [5.41, 5.74) is 1.11. The normalized spacial score (nSPS) is 15.2. The standard InChI is InChI=1S/C18H23N3O3S/c1-14-19-15(13-25-14)11-20-7-9-21(10-8-20)18(22)12-24-17-6-4-3-5-16(17)23-2/h3-6,13H,7-12H2,1-2H3. The van der Waals surface area contributed by atoms with Crippen LogP contribution < -0.4 is 9.47 Å². The molecular weight excluding hydrogens is 338 g/mol. The Labute approximate surface area is 152 Å². The molecule has 2 heterocycles. The highest BCUT2D eigenvalue weighted by atomic mass is 32.1. The molecule has 1 fully saturated rings. The number of ether oxygens (including phenoxy) is 2. The first kappa shape index (κ1) is 17.7. The molecule has 1 aliphatic rings. The van der Waals surface area contributed by atoms with E-state index in [1.807, 2.05) is 30.0 Å². The second-order valence-electron chi connectivity index (χ2n) is 5.95. The number of aryl methyl sites for hydroxylation is 1. The second-order valence-corrected chi connectivity index (χ2v) is 7.02. The summed E-state index contributed by atoms with van der Waals surface area (Å²) in [5.74, 6) is 1.24. The van der Waals surface area contributed by atoms with Crippen molar-refractivity contribution in [3.63, 3.8) is 0 Å². The van der Waals surface area contributed by atoms with Crippen molar-refractivity contribution in [2.75, 3.05) is 39.9 Å². The maximum Gasteiger partial charge on any atom is 0.260 e. The number of hydrogen-bond donors (Lipinski definition) is 0. The van der Waals surface area contributed by atoms with Gasteiger partial charge in [0.15, 0.2) is 18.1 Å². The van der Waals surface area contributed by atoms with Gasteiger partial charge in [-0.25, -0.2) is 4.98 Å². The molecule has 0 atom stereocenters. The Morgan fingerprint density at radius 2 is 1.92 bits per heavy atom. The fraction of sp³-hybridized carbons (Fsp3) is 0.444. The van der Waals surface area contributed by atoms with Crippen LogP contribution in [0.1, 0.15) is 10.7 Å². The molecular formula is C18H23N3O3S. The summed E-state index contributed by atoms with van der Waals surface area (Å²) in [6, 6.07) is 7.36. The Morgan fingerprint density at radius 3 is 2.56 bits per heavy atom. The quantitative estimate of drug-likeness (QED) is 0.789. The maximum absolute atomic E-state index is 12.4. The molecule has 1 aromatic heterocycles. The van der Waals surface area contributed by atoms with Gasteiger partial charge >= 0.3 is 0 Å². The molecule has 1 aromatic carbocycles. The van der Waals surface area contributed by atoms with Gasteiger partial charge in [-0.2, -0.15) is 0 Å². The highest BCUT2D eigenvalue weighted by Crippen LogP contribution is 2.25. The van der Waals surface area contributed by atoms with E-state index in [4.69, 9.17) is 9.47 Å². The number of carbonyl (C=O) groups is 1. The summed E-state index contributed by atoms with van der Waals surface area (Å²) in [7, 11) is 1.59. The predicted molar refractivity (Wildman–Crippen MR) is 97.2 cm³/mol. The molecule has 7 heteroatoms. The van der Waals surface area contributed by atoms with Gasteiger partial charge in [0, 0.05) is 38.1 Å². The van der Waals surface area contributed by atoms with Gasteiger partial charge in [0.05, 0.1) is 17.8 Å². The van der Waals surface area contributed by atoms with Crippen molar-refractivity contribution < 1.29 is 14.3 Å². The van der Waals surface area contributed by atoms with E-state index < -0.39 is 0 Å². The molecule has 1 aliphatic heterocycles. The van der Waals surface area contributed by atoms with E-state index in [9.17, 15) is 4.79 Å². The molecule has 0 unspecified atom stereocenters. The molecule has 1 saturated heterocycles. The van der Waals surface area contributed by atoms with Gasteiger partial charge in [0.25, 0.3) is 5.91 Å². The molecule has 25 heavy (non-hydrogen) atoms. The molecule has 3 rings (SSSR count). The number of rotatable bonds is 6. The first-order valence-electron chi connectivity index (χ1n) is 8.32. The SMILES string of the molecule is COc1ccccc1OCC(=O)N1CCN(Cc2csc(C)n2)CC1. The lowest BCUT2D eigenvalue weighted by Crippen LogP contribution is -2.49. The van der Waals surface area contributed by atoms with Crippen molar-refractivity contribution in [1.82, 2.24) is 14.8 Å². The molecule has 0 radical (unpaired) electrons. The van der Waals surface area contributed by atoms with Gasteiger partial charge in [-0.1, -0.05) is 12.1 Å². The van der Waals surface area contributed by atoms with Crippen LogP contribution in [0.2, 0.25) is 0 Å². The number of amides is 1. The van der Waals surface area contributed by atoms with Crippen LogP contribution in [0.5, 0.6) is 11.5 Å². The number of para-hydroxylation sites is 2. The maximum atomic E-state index is 12.4. The minimum absolute atomic E-state index is 0.00931. The average molecular weight is 361 g/mol. The van der Waals surface area contributed by atoms with E-state index in [0.717, 1.165) is 43.4 Å². The van der Waals surface area contributed by atoms with E-state index in [1.165, 1.54) is 0 Å². The largest absolute Gasteiger partial charge is 0.493 e. The molecule has 0 bridgehead atoms. The van der Waals surface area contributed by atoms with Crippen LogP contribution in [0.4, 0.5) is 0 Å². The van der Waals surface area contributed by atoms with E-state index in [0.29, 0.717) is 11.5 Å². The third-order valence-electron chi connectivity index (χ3n) is 4.20. The first-order valence-corrected chi connectivity index (χ1v) is 9.20. The van der Waals surface area contributed by atoms with E-state index in [-0.39, 0.29) is 12.5 Å². The Hall–Kier alpha value is -2.12. The monoisotopic (exact) mass is 361 g/mol. The molecule has 2 aromatic rings. The smallest absolute Gasteiger partial charge is 0.260 e. The third-order valence-corrected chi connectivity index (χ3v) is 5.02. The molecule has 0 saturated carbocycles. The Balaban J connectivity index is 1.45. The zero-order valence-corrected chi connectivity index (χ0v) is 15.4. The molecule has 6 nitrogen and oxygen atoms in total. The van der Waals surface area contributed by atoms with Crippen LogP contribution in [0.15, 0.2) is 29.6 Å². The van der Waals surface area contributed by atoms with Gasteiger partial charge in [-0.3, -0.25) is 9.69 Å². The first-order chi connectivity index (χ1) is 12.2. The summed E-state index contributed by atoms with van der Waals surface area (Å²) >= 11 is 1.68. The van der Waals surface area contributed by atoms with Crippen LogP contribution in [-0.4, -0.2) is 60.6 Å². The number of piperazine rings is 1. The highest BCUT2D eigenvalue weighted by molar-refractivity contribution is 7.09. The zero-order chi connectivity index (χ0) is 17.6. The fourth-order valence-electron chi connectivity index (χ4n) is 2.83. The predicted octanol–water partition coefficient (Wildman–Crippen LogP) is 2.18. The Bertz CT molecular complexity index is 711. The number of carbonyl (C=O) groups excluding carboxylic acids is 1. The second kappa shape index (κ2) is 8.31. The molecule has 1 amide bonds. The summed E-state index contributed by atoms with van der Waals surface area (Å²) in [6.07, 6.45) is 0. The lowest BCUT2D eigenvalue weighted by Gasteiger charge is -2.34. The molecule has 134 valence electrons. The summed E-state index contributed by atoms with van der Waals surface area (Å²) < 4.78 is 10.9. The number of hydrogen-bond acceptors (Lipinski definition) is 6. The number of benzene rings is 1. The van der Waals surface area contributed by atoms with Gasteiger partial charge < -0.3 is 14.4 Å². The van der Waals surface area contributed by atoms with Gasteiger partial charge in [-0.05, 0) is 19.1 Å².